The fourth-order valence-electron chi connectivity index (χ4n) is 1.96. The van der Waals surface area contributed by atoms with E-state index in [1.165, 1.54) is 19.2 Å². The van der Waals surface area contributed by atoms with E-state index in [1.54, 1.807) is 0 Å². The predicted molar refractivity (Wildman–Crippen MR) is 66.1 cm³/mol. The monoisotopic (exact) mass is 272 g/mol. The average Bonchev–Trinajstić information content (AvgIpc) is 2.31. The van der Waals surface area contributed by atoms with Gasteiger partial charge in [-0.05, 0) is 37.5 Å². The fourth-order valence-corrected chi connectivity index (χ4v) is 1.96. The largest absolute Gasteiger partial charge is 0.418 e. The minimum absolute atomic E-state index is 0.0345. The summed E-state index contributed by atoms with van der Waals surface area (Å²) < 4.78 is 38.5. The number of hydrogen-bond donors (Lipinski definition) is 2. The van der Waals surface area contributed by atoms with Crippen LogP contribution in [0.5, 0.6) is 0 Å². The predicted octanol–water partition coefficient (Wildman–Crippen LogP) is 3.03. The Hall–Kier alpha value is -1.72. The second-order valence-corrected chi connectivity index (χ2v) is 4.61. The summed E-state index contributed by atoms with van der Waals surface area (Å²) in [6.07, 6.45) is -1.64. The molecule has 0 unspecified atom stereocenters. The highest BCUT2D eigenvalue weighted by atomic mass is 19.4. The molecule has 2 rings (SSSR count). The molecule has 0 aromatic heterocycles. The maximum absolute atomic E-state index is 12.8. The van der Waals surface area contributed by atoms with Crippen LogP contribution in [0.15, 0.2) is 18.2 Å². The molecule has 0 radical (unpaired) electrons. The molecule has 0 spiro atoms. The van der Waals surface area contributed by atoms with Crippen molar-refractivity contribution in [2.45, 2.75) is 31.5 Å². The summed E-state index contributed by atoms with van der Waals surface area (Å²) in [7, 11) is 1.42. The van der Waals surface area contributed by atoms with Gasteiger partial charge in [0.25, 0.3) is 5.91 Å². The molecule has 1 aromatic rings. The SMILES string of the molecule is CNc1ccc(C(=O)NC2CCC2)cc1C(F)(F)F. The van der Waals surface area contributed by atoms with Gasteiger partial charge in [-0.2, -0.15) is 13.2 Å². The Morgan fingerprint density at radius 1 is 1.32 bits per heavy atom. The lowest BCUT2D eigenvalue weighted by molar-refractivity contribution is -0.136. The van der Waals surface area contributed by atoms with Crippen LogP contribution in [-0.4, -0.2) is 19.0 Å². The Balaban J connectivity index is 2.24. The lowest BCUT2D eigenvalue weighted by Gasteiger charge is -2.26. The Morgan fingerprint density at radius 3 is 2.47 bits per heavy atom. The number of alkyl halides is 3. The highest BCUT2D eigenvalue weighted by Gasteiger charge is 2.34. The van der Waals surface area contributed by atoms with Gasteiger partial charge in [-0.15, -0.1) is 0 Å². The first-order valence-electron chi connectivity index (χ1n) is 6.11. The van der Waals surface area contributed by atoms with E-state index in [0.717, 1.165) is 25.3 Å². The fraction of sp³-hybridized carbons (Fsp3) is 0.462. The molecule has 1 saturated carbocycles. The molecule has 2 N–H and O–H groups in total. The van der Waals surface area contributed by atoms with Crippen LogP contribution >= 0.6 is 0 Å². The number of halogens is 3. The van der Waals surface area contributed by atoms with Crippen molar-refractivity contribution >= 4 is 11.6 Å². The molecule has 19 heavy (non-hydrogen) atoms. The number of hydrogen-bond acceptors (Lipinski definition) is 2. The molecule has 3 nitrogen and oxygen atoms in total. The molecule has 104 valence electrons. The third kappa shape index (κ3) is 3.00. The van der Waals surface area contributed by atoms with Crippen LogP contribution in [0, 0.1) is 0 Å². The van der Waals surface area contributed by atoms with E-state index < -0.39 is 17.6 Å². The molecule has 1 aliphatic rings. The third-order valence-electron chi connectivity index (χ3n) is 3.30. The molecule has 1 amide bonds. The van der Waals surface area contributed by atoms with Gasteiger partial charge >= 0.3 is 6.18 Å². The van der Waals surface area contributed by atoms with Gasteiger partial charge in [-0.1, -0.05) is 0 Å². The minimum Gasteiger partial charge on any atom is -0.388 e. The van der Waals surface area contributed by atoms with Gasteiger partial charge in [0.2, 0.25) is 0 Å². The normalized spacial score (nSPS) is 15.8. The van der Waals surface area contributed by atoms with E-state index in [9.17, 15) is 18.0 Å². The van der Waals surface area contributed by atoms with Crippen molar-refractivity contribution in [3.63, 3.8) is 0 Å². The van der Waals surface area contributed by atoms with E-state index in [2.05, 4.69) is 10.6 Å². The minimum atomic E-state index is -4.48. The molecule has 1 fully saturated rings. The van der Waals surface area contributed by atoms with Crippen LogP contribution in [0.3, 0.4) is 0 Å². The van der Waals surface area contributed by atoms with Gasteiger partial charge in [0.15, 0.2) is 0 Å². The number of carbonyl (C=O) groups excluding carboxylic acids is 1. The number of amides is 1. The highest BCUT2D eigenvalue weighted by molar-refractivity contribution is 5.95. The van der Waals surface area contributed by atoms with Gasteiger partial charge in [0, 0.05) is 24.3 Å². The zero-order chi connectivity index (χ0) is 14.0. The third-order valence-corrected chi connectivity index (χ3v) is 3.30. The summed E-state index contributed by atoms with van der Waals surface area (Å²) in [6, 6.07) is 3.67. The maximum Gasteiger partial charge on any atom is 0.418 e. The molecular weight excluding hydrogens is 257 g/mol. The Kier molecular flexibility index (Phi) is 3.68. The first-order chi connectivity index (χ1) is 8.91. The second kappa shape index (κ2) is 5.11. The molecular formula is C13H15F3N2O. The Morgan fingerprint density at radius 2 is 2.00 bits per heavy atom. The summed E-state index contributed by atoms with van der Waals surface area (Å²) in [5.41, 5.74) is -0.817. The Bertz CT molecular complexity index is 481. The first kappa shape index (κ1) is 13.7. The molecule has 1 aliphatic carbocycles. The second-order valence-electron chi connectivity index (χ2n) is 4.61. The van der Waals surface area contributed by atoms with Crippen molar-refractivity contribution in [2.24, 2.45) is 0 Å². The van der Waals surface area contributed by atoms with Crippen molar-refractivity contribution in [2.75, 3.05) is 12.4 Å². The smallest absolute Gasteiger partial charge is 0.388 e. The summed E-state index contributed by atoms with van der Waals surface area (Å²) in [5.74, 6) is -0.446. The topological polar surface area (TPSA) is 41.1 Å². The van der Waals surface area contributed by atoms with Crippen LogP contribution in [0.25, 0.3) is 0 Å². The van der Waals surface area contributed by atoms with Crippen LogP contribution in [0.2, 0.25) is 0 Å². The van der Waals surface area contributed by atoms with E-state index in [0.29, 0.717) is 0 Å². The number of rotatable bonds is 3. The average molecular weight is 272 g/mol. The van der Waals surface area contributed by atoms with E-state index in [-0.39, 0.29) is 17.3 Å². The van der Waals surface area contributed by atoms with E-state index in [4.69, 9.17) is 0 Å². The number of anilines is 1. The maximum atomic E-state index is 12.8. The van der Waals surface area contributed by atoms with Crippen molar-refractivity contribution in [1.29, 1.82) is 0 Å². The van der Waals surface area contributed by atoms with Gasteiger partial charge in [0.1, 0.15) is 0 Å². The first-order valence-corrected chi connectivity index (χ1v) is 6.11. The lowest BCUT2D eigenvalue weighted by atomic mass is 9.93. The standard InChI is InChI=1S/C13H15F3N2O/c1-17-11-6-5-8(7-10(11)13(14,15)16)12(19)18-9-3-2-4-9/h5-7,9,17H,2-4H2,1H3,(H,18,19). The molecule has 0 atom stereocenters. The van der Waals surface area contributed by atoms with Gasteiger partial charge in [-0.25, -0.2) is 0 Å². The molecule has 0 bridgehead atoms. The van der Waals surface area contributed by atoms with Crippen LogP contribution in [0.4, 0.5) is 18.9 Å². The summed E-state index contributed by atoms with van der Waals surface area (Å²) in [6.45, 7) is 0. The summed E-state index contributed by atoms with van der Waals surface area (Å²) >= 11 is 0. The lowest BCUT2D eigenvalue weighted by Crippen LogP contribution is -2.39. The highest BCUT2D eigenvalue weighted by Crippen LogP contribution is 2.35. The van der Waals surface area contributed by atoms with Crippen LogP contribution in [-0.2, 0) is 6.18 Å². The molecule has 0 saturated heterocycles. The zero-order valence-electron chi connectivity index (χ0n) is 10.5. The van der Waals surface area contributed by atoms with E-state index in [1.807, 2.05) is 0 Å². The molecule has 6 heteroatoms. The van der Waals surface area contributed by atoms with Crippen molar-refractivity contribution < 1.29 is 18.0 Å². The number of benzene rings is 1. The van der Waals surface area contributed by atoms with Gasteiger partial charge in [-0.3, -0.25) is 4.79 Å². The van der Waals surface area contributed by atoms with Gasteiger partial charge in [0.05, 0.1) is 5.56 Å². The van der Waals surface area contributed by atoms with E-state index >= 15 is 0 Å². The summed E-state index contributed by atoms with van der Waals surface area (Å²) in [5, 5.41) is 5.20. The number of nitrogens with one attached hydrogen (secondary N) is 2. The van der Waals surface area contributed by atoms with Crippen molar-refractivity contribution in [3.8, 4) is 0 Å². The number of carbonyl (C=O) groups is 1. The van der Waals surface area contributed by atoms with Crippen molar-refractivity contribution in [1.82, 2.24) is 5.32 Å². The molecule has 0 aliphatic heterocycles. The van der Waals surface area contributed by atoms with Crippen LogP contribution < -0.4 is 10.6 Å². The zero-order valence-corrected chi connectivity index (χ0v) is 10.5. The Labute approximate surface area is 109 Å². The van der Waals surface area contributed by atoms with Crippen LogP contribution in [0.1, 0.15) is 35.2 Å². The quantitative estimate of drug-likeness (QED) is 0.888. The van der Waals surface area contributed by atoms with Gasteiger partial charge < -0.3 is 10.6 Å². The van der Waals surface area contributed by atoms with Crippen molar-refractivity contribution in [3.05, 3.63) is 29.3 Å². The molecule has 1 aromatic carbocycles. The molecule has 0 heterocycles. The summed E-state index contributed by atoms with van der Waals surface area (Å²) in [4.78, 5) is 11.8.